The summed E-state index contributed by atoms with van der Waals surface area (Å²) in [7, 11) is -1.96. The van der Waals surface area contributed by atoms with Crippen LogP contribution in [0, 0.1) is 5.82 Å². The number of rotatable bonds is 8. The van der Waals surface area contributed by atoms with Gasteiger partial charge in [-0.1, -0.05) is 56.6 Å². The van der Waals surface area contributed by atoms with Crippen molar-refractivity contribution in [3.05, 3.63) is 99.8 Å². The normalized spacial score (nSPS) is 15.4. The van der Waals surface area contributed by atoms with Gasteiger partial charge in [0.25, 0.3) is 5.91 Å². The molecule has 1 aliphatic heterocycles. The number of aryl methyl sites for hydroxylation is 1. The summed E-state index contributed by atoms with van der Waals surface area (Å²) in [5, 5.41) is 3.90. The van der Waals surface area contributed by atoms with Crippen LogP contribution in [0.4, 0.5) is 10.1 Å². The van der Waals surface area contributed by atoms with Crippen LogP contribution in [-0.4, -0.2) is 27.4 Å². The highest BCUT2D eigenvalue weighted by molar-refractivity contribution is 6.74. The molecule has 0 fully saturated rings. The molecule has 208 valence electrons. The molecule has 0 aliphatic carbocycles. The molecule has 1 amide bonds. The SMILES string of the molecule is CC(NC(=O)c1ccc(F)cc1)c1ccc2c(c1)CCCN2C(CO[Si](C)(C)C(C)(C)C)c1cccc(Cl)c1. The lowest BCUT2D eigenvalue weighted by molar-refractivity contribution is 0.0940. The third-order valence-corrected chi connectivity index (χ3v) is 13.0. The van der Waals surface area contributed by atoms with E-state index in [9.17, 15) is 9.18 Å². The van der Waals surface area contributed by atoms with Crippen LogP contribution in [0.25, 0.3) is 0 Å². The minimum absolute atomic E-state index is 0.0401. The molecule has 0 saturated carbocycles. The molecule has 3 aromatic rings. The van der Waals surface area contributed by atoms with E-state index in [0.717, 1.165) is 35.5 Å². The number of nitrogens with one attached hydrogen (secondary N) is 1. The predicted molar refractivity (Wildman–Crippen MR) is 162 cm³/mol. The van der Waals surface area contributed by atoms with Crippen LogP contribution in [0.15, 0.2) is 66.7 Å². The Morgan fingerprint density at radius 1 is 1.08 bits per heavy atom. The number of halogens is 2. The Hall–Kier alpha value is -2.67. The number of nitrogens with zero attached hydrogens (tertiary/aromatic N) is 1. The summed E-state index contributed by atoms with van der Waals surface area (Å²) >= 11 is 6.44. The lowest BCUT2D eigenvalue weighted by Gasteiger charge is -2.42. The van der Waals surface area contributed by atoms with Crippen molar-refractivity contribution < 1.29 is 13.6 Å². The molecule has 0 radical (unpaired) electrons. The summed E-state index contributed by atoms with van der Waals surface area (Å²) < 4.78 is 20.0. The van der Waals surface area contributed by atoms with Crippen molar-refractivity contribution in [1.29, 1.82) is 0 Å². The molecule has 1 aliphatic rings. The molecule has 0 aromatic heterocycles. The number of benzene rings is 3. The maximum atomic E-state index is 13.3. The maximum Gasteiger partial charge on any atom is 0.251 e. The van der Waals surface area contributed by atoms with Crippen LogP contribution in [-0.2, 0) is 10.8 Å². The van der Waals surface area contributed by atoms with Crippen molar-refractivity contribution in [2.45, 2.75) is 70.8 Å². The molecule has 4 rings (SSSR count). The van der Waals surface area contributed by atoms with Gasteiger partial charge in [-0.2, -0.15) is 0 Å². The molecular weight excluding hydrogens is 527 g/mol. The topological polar surface area (TPSA) is 41.6 Å². The lowest BCUT2D eigenvalue weighted by atomic mass is 9.94. The van der Waals surface area contributed by atoms with Crippen molar-refractivity contribution in [3.63, 3.8) is 0 Å². The third kappa shape index (κ3) is 6.92. The lowest BCUT2D eigenvalue weighted by Crippen LogP contribution is -2.44. The molecule has 4 nitrogen and oxygen atoms in total. The van der Waals surface area contributed by atoms with Crippen molar-refractivity contribution >= 4 is 31.5 Å². The van der Waals surface area contributed by atoms with Crippen LogP contribution >= 0.6 is 11.6 Å². The molecule has 7 heteroatoms. The van der Waals surface area contributed by atoms with Gasteiger partial charge in [-0.15, -0.1) is 0 Å². The Kier molecular flexibility index (Phi) is 8.89. The quantitative estimate of drug-likeness (QED) is 0.278. The summed E-state index contributed by atoms with van der Waals surface area (Å²) in [6.45, 7) is 14.9. The molecule has 3 aromatic carbocycles. The highest BCUT2D eigenvalue weighted by atomic mass is 35.5. The first kappa shape index (κ1) is 29.3. The summed E-state index contributed by atoms with van der Waals surface area (Å²) in [5.74, 6) is -0.574. The second kappa shape index (κ2) is 11.8. The van der Waals surface area contributed by atoms with E-state index < -0.39 is 8.32 Å². The second-order valence-corrected chi connectivity index (χ2v) is 17.3. The van der Waals surface area contributed by atoms with Gasteiger partial charge in [-0.25, -0.2) is 4.39 Å². The Bertz CT molecular complexity index is 1310. The van der Waals surface area contributed by atoms with E-state index in [2.05, 4.69) is 74.4 Å². The zero-order chi connectivity index (χ0) is 28.4. The summed E-state index contributed by atoms with van der Waals surface area (Å²) in [5.41, 5.74) is 5.10. The number of hydrogen-bond donors (Lipinski definition) is 1. The Morgan fingerprint density at radius 3 is 2.46 bits per heavy atom. The molecule has 0 saturated heterocycles. The third-order valence-electron chi connectivity index (χ3n) is 8.23. The van der Waals surface area contributed by atoms with E-state index in [4.69, 9.17) is 16.0 Å². The molecule has 39 heavy (non-hydrogen) atoms. The van der Waals surface area contributed by atoms with Crippen molar-refractivity contribution in [1.82, 2.24) is 5.32 Å². The first-order valence-electron chi connectivity index (χ1n) is 13.7. The van der Waals surface area contributed by atoms with E-state index in [1.807, 2.05) is 19.1 Å². The zero-order valence-electron chi connectivity index (χ0n) is 23.9. The molecule has 2 atom stereocenters. The van der Waals surface area contributed by atoms with E-state index in [1.54, 1.807) is 0 Å². The van der Waals surface area contributed by atoms with Crippen LogP contribution in [0.5, 0.6) is 0 Å². The number of carbonyl (C=O) groups is 1. The van der Waals surface area contributed by atoms with E-state index in [0.29, 0.717) is 12.2 Å². The van der Waals surface area contributed by atoms with Gasteiger partial charge < -0.3 is 14.6 Å². The average Bonchev–Trinajstić information content (AvgIpc) is 2.88. The maximum absolute atomic E-state index is 13.3. The largest absolute Gasteiger partial charge is 0.414 e. The molecule has 1 heterocycles. The Balaban J connectivity index is 1.59. The predicted octanol–water partition coefficient (Wildman–Crippen LogP) is 8.49. The molecule has 1 N–H and O–H groups in total. The van der Waals surface area contributed by atoms with Crippen LogP contribution in [0.3, 0.4) is 0 Å². The van der Waals surface area contributed by atoms with Gasteiger partial charge in [0.2, 0.25) is 0 Å². The summed E-state index contributed by atoms with van der Waals surface area (Å²) in [6, 6.07) is 20.1. The number of hydrogen-bond acceptors (Lipinski definition) is 3. The van der Waals surface area contributed by atoms with Crippen molar-refractivity contribution in [2.75, 3.05) is 18.1 Å². The van der Waals surface area contributed by atoms with Gasteiger partial charge in [-0.05, 0) is 97.1 Å². The van der Waals surface area contributed by atoms with Gasteiger partial charge >= 0.3 is 0 Å². The first-order valence-corrected chi connectivity index (χ1v) is 17.0. The van der Waals surface area contributed by atoms with Gasteiger partial charge in [-0.3, -0.25) is 4.79 Å². The number of fused-ring (bicyclic) bond motifs is 1. The second-order valence-electron chi connectivity index (χ2n) is 12.0. The van der Waals surface area contributed by atoms with E-state index in [-0.39, 0.29) is 28.8 Å². The van der Waals surface area contributed by atoms with Crippen molar-refractivity contribution in [3.8, 4) is 0 Å². The smallest absolute Gasteiger partial charge is 0.251 e. The van der Waals surface area contributed by atoms with Gasteiger partial charge in [0.05, 0.1) is 18.7 Å². The minimum Gasteiger partial charge on any atom is -0.414 e. The zero-order valence-corrected chi connectivity index (χ0v) is 25.6. The molecular formula is C32H40ClFN2O2Si. The highest BCUT2D eigenvalue weighted by Gasteiger charge is 2.38. The van der Waals surface area contributed by atoms with Gasteiger partial charge in [0.15, 0.2) is 8.32 Å². The Labute approximate surface area is 238 Å². The van der Waals surface area contributed by atoms with Gasteiger partial charge in [0.1, 0.15) is 5.82 Å². The van der Waals surface area contributed by atoms with Gasteiger partial charge in [0, 0.05) is 22.8 Å². The molecule has 0 bridgehead atoms. The number of anilines is 1. The van der Waals surface area contributed by atoms with Crippen LogP contribution in [0.2, 0.25) is 23.2 Å². The monoisotopic (exact) mass is 566 g/mol. The minimum atomic E-state index is -1.96. The first-order chi connectivity index (χ1) is 18.4. The number of amides is 1. The summed E-state index contributed by atoms with van der Waals surface area (Å²) in [4.78, 5) is 15.2. The molecule has 0 spiro atoms. The average molecular weight is 567 g/mol. The standard InChI is InChI=1S/C32H40ClFN2O2Si/c1-22(35-31(37)23-12-15-28(34)16-13-23)24-14-17-29-25(19-24)10-8-18-36(29)30(26-9-7-11-27(33)20-26)21-38-39(5,6)32(2,3)4/h7,9,11-17,19-20,22,30H,8,10,18,21H2,1-6H3,(H,35,37). The van der Waals surface area contributed by atoms with Crippen molar-refractivity contribution in [2.24, 2.45) is 0 Å². The number of carbonyl (C=O) groups excluding carboxylic acids is 1. The highest BCUT2D eigenvalue weighted by Crippen LogP contribution is 2.40. The fraction of sp³-hybridized carbons (Fsp3) is 0.406. The van der Waals surface area contributed by atoms with Crippen LogP contribution < -0.4 is 10.2 Å². The van der Waals surface area contributed by atoms with E-state index in [1.165, 1.54) is 35.5 Å². The fourth-order valence-electron chi connectivity index (χ4n) is 4.79. The fourth-order valence-corrected chi connectivity index (χ4v) is 5.99. The molecule has 2 unspecified atom stereocenters. The Morgan fingerprint density at radius 2 is 1.79 bits per heavy atom. The van der Waals surface area contributed by atoms with E-state index >= 15 is 0 Å². The summed E-state index contributed by atoms with van der Waals surface area (Å²) in [6.07, 6.45) is 2.01. The van der Waals surface area contributed by atoms with Crippen LogP contribution in [0.1, 0.15) is 73.2 Å².